The molecule has 0 saturated carbocycles. The van der Waals surface area contributed by atoms with E-state index < -0.39 is 0 Å². The summed E-state index contributed by atoms with van der Waals surface area (Å²) in [6.45, 7) is 4.75. The molecule has 1 amide bonds. The van der Waals surface area contributed by atoms with Crippen LogP contribution in [0.25, 0.3) is 0 Å². The number of nitrogens with one attached hydrogen (secondary N) is 1. The molecule has 1 N–H and O–H groups in total. The molecule has 158 valence electrons. The van der Waals surface area contributed by atoms with E-state index in [1.165, 1.54) is 34.8 Å². The molecule has 2 heterocycles. The lowest BCUT2D eigenvalue weighted by molar-refractivity contribution is 0.0952. The highest BCUT2D eigenvalue weighted by atomic mass is 32.1. The van der Waals surface area contributed by atoms with E-state index in [9.17, 15) is 4.79 Å². The molecular weight excluding hydrogens is 398 g/mol. The Labute approximate surface area is 180 Å². The predicted molar refractivity (Wildman–Crippen MR) is 116 cm³/mol. The first kappa shape index (κ1) is 20.6. The standard InChI is InChI=1S/C23H27N3O3S/c1-15-19(16(2)29-26-15)14-28-18-8-5-7-17(13-18)23(27)24-12-6-11-22-25-20-9-3-4-10-21(20)30-22/h5,7-8,13H,3-4,6,9-12,14H2,1-2H3,(H,24,27). The maximum Gasteiger partial charge on any atom is 0.251 e. The van der Waals surface area contributed by atoms with Crippen LogP contribution in [0.3, 0.4) is 0 Å². The zero-order valence-electron chi connectivity index (χ0n) is 17.5. The van der Waals surface area contributed by atoms with Crippen molar-refractivity contribution in [3.8, 4) is 5.75 Å². The van der Waals surface area contributed by atoms with Gasteiger partial charge >= 0.3 is 0 Å². The number of aryl methyl sites for hydroxylation is 5. The lowest BCUT2D eigenvalue weighted by Gasteiger charge is -2.08. The number of benzene rings is 1. The highest BCUT2D eigenvalue weighted by Gasteiger charge is 2.15. The van der Waals surface area contributed by atoms with Crippen molar-refractivity contribution in [2.24, 2.45) is 0 Å². The molecule has 0 fully saturated rings. The predicted octanol–water partition coefficient (Wildman–Crippen LogP) is 4.57. The van der Waals surface area contributed by atoms with Crippen molar-refractivity contribution in [1.82, 2.24) is 15.5 Å². The molecule has 2 aromatic heterocycles. The van der Waals surface area contributed by atoms with Gasteiger partial charge in [-0.25, -0.2) is 4.98 Å². The number of aromatic nitrogens is 2. The van der Waals surface area contributed by atoms with Gasteiger partial charge in [0.05, 0.1) is 22.0 Å². The van der Waals surface area contributed by atoms with Crippen molar-refractivity contribution in [2.75, 3.05) is 6.54 Å². The Kier molecular flexibility index (Phi) is 6.47. The van der Waals surface area contributed by atoms with Crippen LogP contribution < -0.4 is 10.1 Å². The van der Waals surface area contributed by atoms with Gasteiger partial charge in [-0.05, 0) is 64.2 Å². The molecule has 0 atom stereocenters. The average Bonchev–Trinajstić information content (AvgIpc) is 3.32. The molecular formula is C23H27N3O3S. The van der Waals surface area contributed by atoms with E-state index in [-0.39, 0.29) is 5.91 Å². The first-order valence-electron chi connectivity index (χ1n) is 10.5. The molecule has 0 saturated heterocycles. The molecule has 0 unspecified atom stereocenters. The zero-order valence-corrected chi connectivity index (χ0v) is 18.3. The van der Waals surface area contributed by atoms with Gasteiger partial charge in [-0.15, -0.1) is 11.3 Å². The van der Waals surface area contributed by atoms with Gasteiger partial charge in [0.2, 0.25) is 0 Å². The average molecular weight is 426 g/mol. The van der Waals surface area contributed by atoms with Gasteiger partial charge in [-0.2, -0.15) is 0 Å². The smallest absolute Gasteiger partial charge is 0.251 e. The molecule has 1 aliphatic rings. The van der Waals surface area contributed by atoms with Crippen molar-refractivity contribution >= 4 is 17.2 Å². The molecule has 6 nitrogen and oxygen atoms in total. The van der Waals surface area contributed by atoms with E-state index in [1.54, 1.807) is 12.1 Å². The number of fused-ring (bicyclic) bond motifs is 1. The minimum Gasteiger partial charge on any atom is -0.489 e. The van der Waals surface area contributed by atoms with E-state index in [2.05, 4.69) is 10.5 Å². The number of carbonyl (C=O) groups is 1. The van der Waals surface area contributed by atoms with Crippen molar-refractivity contribution in [3.63, 3.8) is 0 Å². The fourth-order valence-corrected chi connectivity index (χ4v) is 4.85. The topological polar surface area (TPSA) is 77.2 Å². The summed E-state index contributed by atoms with van der Waals surface area (Å²) in [6.07, 6.45) is 6.65. The highest BCUT2D eigenvalue weighted by molar-refractivity contribution is 7.11. The van der Waals surface area contributed by atoms with E-state index in [0.717, 1.165) is 36.3 Å². The van der Waals surface area contributed by atoms with Crippen LogP contribution >= 0.6 is 11.3 Å². The van der Waals surface area contributed by atoms with E-state index in [0.29, 0.717) is 24.5 Å². The fraction of sp³-hybridized carbons (Fsp3) is 0.435. The minimum absolute atomic E-state index is 0.0868. The number of hydrogen-bond donors (Lipinski definition) is 1. The third-order valence-electron chi connectivity index (χ3n) is 5.40. The molecule has 1 aromatic carbocycles. The normalized spacial score (nSPS) is 13.1. The zero-order chi connectivity index (χ0) is 20.9. The van der Waals surface area contributed by atoms with Crippen LogP contribution in [0.1, 0.15) is 62.2 Å². The van der Waals surface area contributed by atoms with Crippen LogP contribution in [0.15, 0.2) is 28.8 Å². The number of hydrogen-bond acceptors (Lipinski definition) is 6. The van der Waals surface area contributed by atoms with Crippen LogP contribution in [0, 0.1) is 13.8 Å². The number of amides is 1. The van der Waals surface area contributed by atoms with Crippen LogP contribution in [-0.4, -0.2) is 22.6 Å². The van der Waals surface area contributed by atoms with Crippen molar-refractivity contribution in [3.05, 3.63) is 62.4 Å². The highest BCUT2D eigenvalue weighted by Crippen LogP contribution is 2.27. The summed E-state index contributed by atoms with van der Waals surface area (Å²) in [4.78, 5) is 18.7. The van der Waals surface area contributed by atoms with Gasteiger partial charge in [0, 0.05) is 23.4 Å². The second-order valence-corrected chi connectivity index (χ2v) is 8.83. The summed E-state index contributed by atoms with van der Waals surface area (Å²) < 4.78 is 11.0. The van der Waals surface area contributed by atoms with Crippen LogP contribution in [0.2, 0.25) is 0 Å². The Hall–Kier alpha value is -2.67. The molecule has 1 aliphatic carbocycles. The minimum atomic E-state index is -0.0868. The Morgan fingerprint density at radius 1 is 1.27 bits per heavy atom. The summed E-state index contributed by atoms with van der Waals surface area (Å²) in [5, 5.41) is 8.14. The molecule has 0 bridgehead atoms. The summed E-state index contributed by atoms with van der Waals surface area (Å²) in [5.74, 6) is 1.31. The van der Waals surface area contributed by atoms with E-state index >= 15 is 0 Å². The monoisotopic (exact) mass is 425 g/mol. The maximum absolute atomic E-state index is 12.5. The lowest BCUT2D eigenvalue weighted by Crippen LogP contribution is -2.24. The van der Waals surface area contributed by atoms with Crippen molar-refractivity contribution in [1.29, 1.82) is 0 Å². The number of ether oxygens (including phenoxy) is 1. The van der Waals surface area contributed by atoms with Crippen molar-refractivity contribution < 1.29 is 14.1 Å². The van der Waals surface area contributed by atoms with Gasteiger partial charge in [0.1, 0.15) is 18.1 Å². The Morgan fingerprint density at radius 2 is 2.13 bits per heavy atom. The number of rotatable bonds is 8. The van der Waals surface area contributed by atoms with Gasteiger partial charge in [-0.3, -0.25) is 4.79 Å². The Balaban J connectivity index is 1.25. The largest absolute Gasteiger partial charge is 0.489 e. The van der Waals surface area contributed by atoms with E-state index in [1.807, 2.05) is 37.3 Å². The first-order valence-corrected chi connectivity index (χ1v) is 11.3. The Morgan fingerprint density at radius 3 is 2.93 bits per heavy atom. The quantitative estimate of drug-likeness (QED) is 0.535. The van der Waals surface area contributed by atoms with E-state index in [4.69, 9.17) is 14.2 Å². The molecule has 30 heavy (non-hydrogen) atoms. The molecule has 0 aliphatic heterocycles. The Bertz CT molecular complexity index is 982. The van der Waals surface area contributed by atoms with Crippen molar-refractivity contribution in [2.45, 2.75) is 59.0 Å². The fourth-order valence-electron chi connectivity index (χ4n) is 3.65. The SMILES string of the molecule is Cc1noc(C)c1COc1cccc(C(=O)NCCCc2nc3c(s2)CCCC3)c1. The maximum atomic E-state index is 12.5. The molecule has 0 radical (unpaired) electrons. The third-order valence-corrected chi connectivity index (χ3v) is 6.62. The molecule has 4 rings (SSSR count). The summed E-state index contributed by atoms with van der Waals surface area (Å²) >= 11 is 1.85. The van der Waals surface area contributed by atoms with Gasteiger partial charge in [-0.1, -0.05) is 11.2 Å². The number of nitrogens with zero attached hydrogens (tertiary/aromatic N) is 2. The molecule has 3 aromatic rings. The number of carbonyl (C=O) groups excluding carboxylic acids is 1. The van der Waals surface area contributed by atoms with Gasteiger partial charge in [0.15, 0.2) is 0 Å². The summed E-state index contributed by atoms with van der Waals surface area (Å²) in [7, 11) is 0. The second-order valence-electron chi connectivity index (χ2n) is 7.66. The molecule has 0 spiro atoms. The second kappa shape index (κ2) is 9.43. The van der Waals surface area contributed by atoms with Crippen LogP contribution in [0.4, 0.5) is 0 Å². The van der Waals surface area contributed by atoms with Gasteiger partial charge in [0.25, 0.3) is 5.91 Å². The summed E-state index contributed by atoms with van der Waals surface area (Å²) in [6, 6.07) is 7.24. The number of thiazole rings is 1. The van der Waals surface area contributed by atoms with Crippen LogP contribution in [-0.2, 0) is 25.9 Å². The molecule has 7 heteroatoms. The van der Waals surface area contributed by atoms with Gasteiger partial charge < -0.3 is 14.6 Å². The lowest BCUT2D eigenvalue weighted by atomic mass is 10.0. The van der Waals surface area contributed by atoms with Crippen LogP contribution in [0.5, 0.6) is 5.75 Å². The first-order chi connectivity index (χ1) is 14.6. The third kappa shape index (κ3) is 4.90. The summed E-state index contributed by atoms with van der Waals surface area (Å²) in [5.41, 5.74) is 3.66.